The third-order valence-corrected chi connectivity index (χ3v) is 5.62. The Balaban J connectivity index is 1.36. The van der Waals surface area contributed by atoms with Gasteiger partial charge in [-0.15, -0.1) is 0 Å². The van der Waals surface area contributed by atoms with E-state index >= 15 is 0 Å². The molecule has 31 heavy (non-hydrogen) atoms. The Hall–Kier alpha value is -3.12. The first-order valence-corrected chi connectivity index (χ1v) is 10.2. The van der Waals surface area contributed by atoms with Crippen LogP contribution in [0, 0.1) is 0 Å². The molecular formula is C25H23F3N2O. The Morgan fingerprint density at radius 3 is 1.97 bits per heavy atom. The van der Waals surface area contributed by atoms with Gasteiger partial charge in [-0.05, 0) is 34.9 Å². The van der Waals surface area contributed by atoms with Gasteiger partial charge in [0.15, 0.2) is 0 Å². The lowest BCUT2D eigenvalue weighted by molar-refractivity contribution is -0.138. The predicted molar refractivity (Wildman–Crippen MR) is 115 cm³/mol. The molecule has 0 unspecified atom stereocenters. The van der Waals surface area contributed by atoms with Crippen LogP contribution in [-0.2, 0) is 12.7 Å². The average Bonchev–Trinajstić information content (AvgIpc) is 2.79. The van der Waals surface area contributed by atoms with E-state index in [1.807, 2.05) is 59.5 Å². The van der Waals surface area contributed by atoms with E-state index in [9.17, 15) is 18.0 Å². The van der Waals surface area contributed by atoms with Gasteiger partial charge in [0.05, 0.1) is 5.56 Å². The van der Waals surface area contributed by atoms with Crippen molar-refractivity contribution in [2.45, 2.75) is 12.7 Å². The van der Waals surface area contributed by atoms with Gasteiger partial charge in [0.25, 0.3) is 5.91 Å². The molecule has 1 heterocycles. The fraction of sp³-hybridized carbons (Fsp3) is 0.240. The van der Waals surface area contributed by atoms with Crippen LogP contribution in [0.1, 0.15) is 21.5 Å². The molecule has 0 N–H and O–H groups in total. The van der Waals surface area contributed by atoms with Gasteiger partial charge in [0.2, 0.25) is 0 Å². The first kappa shape index (κ1) is 21.1. The molecular weight excluding hydrogens is 401 g/mol. The molecule has 3 nitrogen and oxygen atoms in total. The van der Waals surface area contributed by atoms with Crippen LogP contribution in [-0.4, -0.2) is 41.9 Å². The van der Waals surface area contributed by atoms with E-state index in [2.05, 4.69) is 0 Å². The van der Waals surface area contributed by atoms with Gasteiger partial charge in [-0.2, -0.15) is 13.2 Å². The number of halogens is 3. The van der Waals surface area contributed by atoms with Crippen LogP contribution in [0.4, 0.5) is 13.2 Å². The van der Waals surface area contributed by atoms with Gasteiger partial charge in [-0.25, -0.2) is 0 Å². The van der Waals surface area contributed by atoms with Crippen molar-refractivity contribution in [3.05, 3.63) is 95.6 Å². The van der Waals surface area contributed by atoms with Crippen molar-refractivity contribution < 1.29 is 18.0 Å². The standard InChI is InChI=1S/C25H23F3N2O/c26-25(27,28)23-9-5-4-8-22(23)18-29-14-16-30(17-15-29)24(31)21-12-10-20(11-13-21)19-6-2-1-3-7-19/h1-13H,14-18H2. The van der Waals surface area contributed by atoms with E-state index in [-0.39, 0.29) is 18.0 Å². The maximum atomic E-state index is 13.2. The van der Waals surface area contributed by atoms with Crippen molar-refractivity contribution in [3.8, 4) is 11.1 Å². The SMILES string of the molecule is O=C(c1ccc(-c2ccccc2)cc1)N1CCN(Cc2ccccc2C(F)(F)F)CC1. The molecule has 3 aromatic rings. The summed E-state index contributed by atoms with van der Waals surface area (Å²) in [7, 11) is 0. The second-order valence-electron chi connectivity index (χ2n) is 7.67. The highest BCUT2D eigenvalue weighted by atomic mass is 19.4. The van der Waals surface area contributed by atoms with Gasteiger partial charge in [-0.3, -0.25) is 9.69 Å². The molecule has 0 aliphatic carbocycles. The highest BCUT2D eigenvalue weighted by Crippen LogP contribution is 2.32. The van der Waals surface area contributed by atoms with Crippen molar-refractivity contribution >= 4 is 5.91 Å². The van der Waals surface area contributed by atoms with Crippen LogP contribution in [0.2, 0.25) is 0 Å². The lowest BCUT2D eigenvalue weighted by Crippen LogP contribution is -2.48. The molecule has 0 spiro atoms. The predicted octanol–water partition coefficient (Wildman–Crippen LogP) is 5.33. The summed E-state index contributed by atoms with van der Waals surface area (Å²) in [5, 5.41) is 0. The van der Waals surface area contributed by atoms with Crippen molar-refractivity contribution in [1.29, 1.82) is 0 Å². The van der Waals surface area contributed by atoms with Gasteiger partial charge in [-0.1, -0.05) is 60.7 Å². The zero-order valence-corrected chi connectivity index (χ0v) is 17.0. The Bertz CT molecular complexity index is 1020. The van der Waals surface area contributed by atoms with E-state index in [1.165, 1.54) is 12.1 Å². The van der Waals surface area contributed by atoms with Crippen molar-refractivity contribution in [1.82, 2.24) is 9.80 Å². The largest absolute Gasteiger partial charge is 0.416 e. The van der Waals surface area contributed by atoms with Crippen molar-refractivity contribution in [3.63, 3.8) is 0 Å². The Labute approximate surface area is 179 Å². The zero-order chi connectivity index (χ0) is 21.8. The molecule has 0 atom stereocenters. The lowest BCUT2D eigenvalue weighted by Gasteiger charge is -2.35. The molecule has 6 heteroatoms. The van der Waals surface area contributed by atoms with E-state index in [4.69, 9.17) is 0 Å². The van der Waals surface area contributed by atoms with Crippen LogP contribution in [0.15, 0.2) is 78.9 Å². The number of carbonyl (C=O) groups is 1. The number of nitrogens with zero attached hydrogens (tertiary/aromatic N) is 2. The van der Waals surface area contributed by atoms with Gasteiger partial charge < -0.3 is 4.90 Å². The molecule has 1 aliphatic heterocycles. The fourth-order valence-electron chi connectivity index (χ4n) is 3.90. The molecule has 4 rings (SSSR count). The smallest absolute Gasteiger partial charge is 0.336 e. The first-order chi connectivity index (χ1) is 14.9. The number of carbonyl (C=O) groups excluding carboxylic acids is 1. The van der Waals surface area contributed by atoms with Gasteiger partial charge >= 0.3 is 6.18 Å². The highest BCUT2D eigenvalue weighted by molar-refractivity contribution is 5.94. The molecule has 160 valence electrons. The Kier molecular flexibility index (Phi) is 6.09. The number of hydrogen-bond acceptors (Lipinski definition) is 2. The molecule has 0 bridgehead atoms. The maximum Gasteiger partial charge on any atom is 0.416 e. The molecule has 0 aromatic heterocycles. The fourth-order valence-corrected chi connectivity index (χ4v) is 3.90. The highest BCUT2D eigenvalue weighted by Gasteiger charge is 2.33. The number of alkyl halides is 3. The Morgan fingerprint density at radius 2 is 1.32 bits per heavy atom. The average molecular weight is 424 g/mol. The summed E-state index contributed by atoms with van der Waals surface area (Å²) in [5.41, 5.74) is 2.44. The number of rotatable bonds is 4. The summed E-state index contributed by atoms with van der Waals surface area (Å²) < 4.78 is 39.7. The van der Waals surface area contributed by atoms with Gasteiger partial charge in [0, 0.05) is 38.3 Å². The van der Waals surface area contributed by atoms with E-state index in [0.717, 1.165) is 17.2 Å². The molecule has 1 saturated heterocycles. The number of hydrogen-bond donors (Lipinski definition) is 0. The van der Waals surface area contributed by atoms with Crippen LogP contribution in [0.3, 0.4) is 0 Å². The Morgan fingerprint density at radius 1 is 0.742 bits per heavy atom. The normalized spacial score (nSPS) is 15.1. The van der Waals surface area contributed by atoms with Crippen molar-refractivity contribution in [2.24, 2.45) is 0 Å². The topological polar surface area (TPSA) is 23.6 Å². The molecule has 1 fully saturated rings. The summed E-state index contributed by atoms with van der Waals surface area (Å²) >= 11 is 0. The third-order valence-electron chi connectivity index (χ3n) is 5.62. The van der Waals surface area contributed by atoms with Crippen LogP contribution in [0.5, 0.6) is 0 Å². The monoisotopic (exact) mass is 424 g/mol. The van der Waals surface area contributed by atoms with E-state index < -0.39 is 11.7 Å². The molecule has 1 aliphatic rings. The summed E-state index contributed by atoms with van der Waals surface area (Å²) in [6.45, 7) is 2.30. The van der Waals surface area contributed by atoms with E-state index in [1.54, 1.807) is 11.0 Å². The zero-order valence-electron chi connectivity index (χ0n) is 17.0. The molecule has 1 amide bonds. The summed E-state index contributed by atoms with van der Waals surface area (Å²) in [6.07, 6.45) is -4.36. The molecule has 0 saturated carbocycles. The summed E-state index contributed by atoms with van der Waals surface area (Å²) in [6, 6.07) is 23.2. The van der Waals surface area contributed by atoms with Crippen LogP contribution in [0.25, 0.3) is 11.1 Å². The minimum absolute atomic E-state index is 0.0463. The minimum atomic E-state index is -4.36. The maximum absolute atomic E-state index is 13.2. The second kappa shape index (κ2) is 8.94. The van der Waals surface area contributed by atoms with Crippen LogP contribution < -0.4 is 0 Å². The summed E-state index contributed by atoms with van der Waals surface area (Å²) in [4.78, 5) is 16.6. The quantitative estimate of drug-likeness (QED) is 0.565. The van der Waals surface area contributed by atoms with Crippen LogP contribution >= 0.6 is 0 Å². The molecule has 0 radical (unpaired) electrons. The van der Waals surface area contributed by atoms with E-state index in [0.29, 0.717) is 31.7 Å². The third kappa shape index (κ3) is 4.97. The number of amides is 1. The number of benzene rings is 3. The number of piperazine rings is 1. The summed E-state index contributed by atoms with van der Waals surface area (Å²) in [5.74, 6) is -0.0463. The first-order valence-electron chi connectivity index (χ1n) is 10.2. The molecule has 3 aromatic carbocycles. The minimum Gasteiger partial charge on any atom is -0.336 e. The van der Waals surface area contributed by atoms with Gasteiger partial charge in [0.1, 0.15) is 0 Å². The second-order valence-corrected chi connectivity index (χ2v) is 7.67. The van der Waals surface area contributed by atoms with Crippen molar-refractivity contribution in [2.75, 3.05) is 26.2 Å². The lowest BCUT2D eigenvalue weighted by atomic mass is 10.0.